The van der Waals surface area contributed by atoms with Gasteiger partial charge < -0.3 is 20.3 Å². The van der Waals surface area contributed by atoms with E-state index in [0.717, 1.165) is 56.4 Å². The number of nitrogens with zero attached hydrogens (tertiary/aromatic N) is 1. The molecule has 0 aliphatic carbocycles. The Bertz CT molecular complexity index is 1410. The highest BCUT2D eigenvalue weighted by atomic mass is 79.9. The van der Waals surface area contributed by atoms with Gasteiger partial charge in [-0.3, -0.25) is 9.59 Å². The van der Waals surface area contributed by atoms with Crippen LogP contribution in [0.15, 0.2) is 77.4 Å². The Morgan fingerprint density at radius 2 is 1.81 bits per heavy atom. The number of anilines is 1. The van der Waals surface area contributed by atoms with Gasteiger partial charge in [0, 0.05) is 52.3 Å². The summed E-state index contributed by atoms with van der Waals surface area (Å²) in [7, 11) is 0. The van der Waals surface area contributed by atoms with Crippen molar-refractivity contribution in [2.24, 2.45) is 0 Å². The van der Waals surface area contributed by atoms with Crippen LogP contribution in [0.1, 0.15) is 47.6 Å². The van der Waals surface area contributed by atoms with Crippen LogP contribution in [0.4, 0.5) is 5.69 Å². The minimum atomic E-state index is -0.822. The topological polar surface area (TPSA) is 85.4 Å². The summed E-state index contributed by atoms with van der Waals surface area (Å²) in [5.41, 5.74) is 6.05. The molecule has 6 nitrogen and oxygen atoms in total. The molecule has 1 aromatic heterocycles. The number of H-pyrrole nitrogens is 1. The van der Waals surface area contributed by atoms with E-state index in [9.17, 15) is 9.59 Å². The molecule has 0 saturated carbocycles. The zero-order valence-corrected chi connectivity index (χ0v) is 22.1. The van der Waals surface area contributed by atoms with Crippen LogP contribution in [-0.4, -0.2) is 35.1 Å². The van der Waals surface area contributed by atoms with E-state index in [4.69, 9.17) is 5.11 Å². The van der Waals surface area contributed by atoms with Gasteiger partial charge in [-0.1, -0.05) is 52.3 Å². The highest BCUT2D eigenvalue weighted by Gasteiger charge is 2.24. The summed E-state index contributed by atoms with van der Waals surface area (Å²) in [5, 5.41) is 13.3. The standard InChI is InChI=1S/C30H30BrN3O3/c31-23-10-12-27(34-14-4-5-15-34)25(18-23)30(21-6-2-1-3-7-21)33-28(35)17-20-8-11-26-24(16-20)22(19-32-26)9-13-29(36)37/h1-3,6-8,10-12,16,18-19,30,32H,4-5,9,13-15,17H2,(H,33,35)(H,36,37). The molecule has 37 heavy (non-hydrogen) atoms. The second-order valence-electron chi connectivity index (χ2n) is 9.57. The van der Waals surface area contributed by atoms with Crippen molar-refractivity contribution >= 4 is 44.4 Å². The van der Waals surface area contributed by atoms with Gasteiger partial charge in [-0.2, -0.15) is 0 Å². The number of rotatable bonds is 9. The van der Waals surface area contributed by atoms with Crippen molar-refractivity contribution in [3.63, 3.8) is 0 Å². The number of amides is 1. The number of fused-ring (bicyclic) bond motifs is 1. The number of carboxylic acid groups (broad SMARTS) is 1. The molecule has 7 heteroatoms. The van der Waals surface area contributed by atoms with Gasteiger partial charge in [0.15, 0.2) is 0 Å². The van der Waals surface area contributed by atoms with E-state index in [-0.39, 0.29) is 24.8 Å². The first-order chi connectivity index (χ1) is 18.0. The van der Waals surface area contributed by atoms with Gasteiger partial charge in [0.2, 0.25) is 5.91 Å². The fraction of sp³-hybridized carbons (Fsp3) is 0.267. The Balaban J connectivity index is 1.42. The number of carbonyl (C=O) groups excluding carboxylic acids is 1. The third kappa shape index (κ3) is 5.88. The van der Waals surface area contributed by atoms with Crippen molar-refractivity contribution in [1.82, 2.24) is 10.3 Å². The molecule has 1 aliphatic heterocycles. The summed E-state index contributed by atoms with van der Waals surface area (Å²) in [6.45, 7) is 2.04. The first-order valence-electron chi connectivity index (χ1n) is 12.7. The Morgan fingerprint density at radius 1 is 1.03 bits per heavy atom. The Labute approximate surface area is 224 Å². The van der Waals surface area contributed by atoms with E-state index in [1.807, 2.05) is 42.6 Å². The van der Waals surface area contributed by atoms with Crippen LogP contribution in [0.25, 0.3) is 10.9 Å². The van der Waals surface area contributed by atoms with Gasteiger partial charge in [-0.25, -0.2) is 0 Å². The number of halogens is 1. The van der Waals surface area contributed by atoms with E-state index in [2.05, 4.69) is 61.5 Å². The predicted octanol–water partition coefficient (Wildman–Crippen LogP) is 6.00. The number of aromatic nitrogens is 1. The van der Waals surface area contributed by atoms with Crippen molar-refractivity contribution in [3.05, 3.63) is 99.7 Å². The summed E-state index contributed by atoms with van der Waals surface area (Å²) < 4.78 is 0.979. The highest BCUT2D eigenvalue weighted by molar-refractivity contribution is 9.10. The number of hydrogen-bond donors (Lipinski definition) is 3. The fourth-order valence-electron chi connectivity index (χ4n) is 5.17. The molecule has 0 radical (unpaired) electrons. The van der Waals surface area contributed by atoms with Gasteiger partial charge in [-0.05, 0) is 66.3 Å². The van der Waals surface area contributed by atoms with Gasteiger partial charge in [0.25, 0.3) is 0 Å². The van der Waals surface area contributed by atoms with E-state index >= 15 is 0 Å². The molecule has 190 valence electrons. The summed E-state index contributed by atoms with van der Waals surface area (Å²) in [4.78, 5) is 30.1. The molecular weight excluding hydrogens is 530 g/mol. The van der Waals surface area contributed by atoms with Crippen molar-refractivity contribution in [1.29, 1.82) is 0 Å². The SMILES string of the molecule is O=C(O)CCc1c[nH]c2ccc(CC(=O)NC(c3ccccc3)c3cc(Br)ccc3N3CCCC3)cc12. The third-order valence-corrected chi connectivity index (χ3v) is 7.48. The molecule has 5 rings (SSSR count). The van der Waals surface area contributed by atoms with Crippen LogP contribution in [0.3, 0.4) is 0 Å². The van der Waals surface area contributed by atoms with Crippen LogP contribution < -0.4 is 10.2 Å². The smallest absolute Gasteiger partial charge is 0.303 e. The summed E-state index contributed by atoms with van der Waals surface area (Å²) in [5.74, 6) is -0.888. The number of benzene rings is 3. The number of nitrogens with one attached hydrogen (secondary N) is 2. The number of aromatic amines is 1. The monoisotopic (exact) mass is 559 g/mol. The maximum Gasteiger partial charge on any atom is 0.303 e. The number of aryl methyl sites for hydroxylation is 1. The van der Waals surface area contributed by atoms with Crippen LogP contribution >= 0.6 is 15.9 Å². The van der Waals surface area contributed by atoms with Crippen LogP contribution in [0.5, 0.6) is 0 Å². The first kappa shape index (κ1) is 25.1. The summed E-state index contributed by atoms with van der Waals surface area (Å²) >= 11 is 3.64. The van der Waals surface area contributed by atoms with Crippen molar-refractivity contribution < 1.29 is 14.7 Å². The van der Waals surface area contributed by atoms with Gasteiger partial charge in [-0.15, -0.1) is 0 Å². The Hall–Kier alpha value is -3.58. The van der Waals surface area contributed by atoms with Gasteiger partial charge >= 0.3 is 5.97 Å². The Kier molecular flexibility index (Phi) is 7.60. The van der Waals surface area contributed by atoms with E-state index in [1.54, 1.807) is 0 Å². The molecule has 0 spiro atoms. The lowest BCUT2D eigenvalue weighted by Crippen LogP contribution is -2.32. The van der Waals surface area contributed by atoms with Crippen LogP contribution in [0, 0.1) is 0 Å². The molecule has 4 aromatic rings. The maximum absolute atomic E-state index is 13.4. The molecule has 1 aliphatic rings. The number of carboxylic acids is 1. The van der Waals surface area contributed by atoms with Crippen molar-refractivity contribution in [3.8, 4) is 0 Å². The molecule has 3 aromatic carbocycles. The van der Waals surface area contributed by atoms with Crippen molar-refractivity contribution in [2.45, 2.75) is 38.1 Å². The maximum atomic E-state index is 13.4. The van der Waals surface area contributed by atoms with E-state index in [1.165, 1.54) is 12.8 Å². The Morgan fingerprint density at radius 3 is 2.57 bits per heavy atom. The van der Waals surface area contributed by atoms with E-state index < -0.39 is 5.97 Å². The van der Waals surface area contributed by atoms with Gasteiger partial charge in [0.1, 0.15) is 0 Å². The zero-order valence-electron chi connectivity index (χ0n) is 20.5. The number of carbonyl (C=O) groups is 2. The minimum Gasteiger partial charge on any atom is -0.481 e. The molecule has 1 amide bonds. The first-order valence-corrected chi connectivity index (χ1v) is 13.5. The molecule has 1 atom stereocenters. The summed E-state index contributed by atoms with van der Waals surface area (Å²) in [6.07, 6.45) is 4.96. The third-order valence-electron chi connectivity index (χ3n) is 6.99. The minimum absolute atomic E-state index is 0.0665. The largest absolute Gasteiger partial charge is 0.481 e. The normalized spacial score (nSPS) is 14.1. The average Bonchev–Trinajstić information content (AvgIpc) is 3.57. The molecule has 3 N–H and O–H groups in total. The summed E-state index contributed by atoms with van der Waals surface area (Å²) in [6, 6.07) is 22.0. The lowest BCUT2D eigenvalue weighted by molar-refractivity contribution is -0.137. The molecule has 1 saturated heterocycles. The lowest BCUT2D eigenvalue weighted by atomic mass is 9.96. The fourth-order valence-corrected chi connectivity index (χ4v) is 5.55. The lowest BCUT2D eigenvalue weighted by Gasteiger charge is -2.27. The van der Waals surface area contributed by atoms with E-state index in [0.29, 0.717) is 6.42 Å². The van der Waals surface area contributed by atoms with Crippen molar-refractivity contribution in [2.75, 3.05) is 18.0 Å². The van der Waals surface area contributed by atoms with Crippen LogP contribution in [0.2, 0.25) is 0 Å². The highest BCUT2D eigenvalue weighted by Crippen LogP contribution is 2.35. The zero-order chi connectivity index (χ0) is 25.8. The second-order valence-corrected chi connectivity index (χ2v) is 10.5. The van der Waals surface area contributed by atoms with Crippen LogP contribution in [-0.2, 0) is 22.4 Å². The molecule has 2 heterocycles. The second kappa shape index (κ2) is 11.2. The number of hydrogen-bond acceptors (Lipinski definition) is 3. The average molecular weight is 560 g/mol. The van der Waals surface area contributed by atoms with Gasteiger partial charge in [0.05, 0.1) is 12.5 Å². The molecule has 0 bridgehead atoms. The number of aliphatic carboxylic acids is 1. The predicted molar refractivity (Wildman–Crippen MR) is 150 cm³/mol. The quantitative estimate of drug-likeness (QED) is 0.235. The molecular formula is C30H30BrN3O3. The molecule has 1 unspecified atom stereocenters. The molecule has 1 fully saturated rings.